The first kappa shape index (κ1) is 39.9. The van der Waals surface area contributed by atoms with Gasteiger partial charge in [0.15, 0.2) is 0 Å². The Kier molecular flexibility index (Phi) is 13.3. The molecule has 0 aromatic carbocycles. The second-order valence-corrected chi connectivity index (χ2v) is 17.2. The van der Waals surface area contributed by atoms with E-state index in [-0.39, 0.29) is 24.4 Å². The molecular weight excluding hydrogens is 640 g/mol. The molecular formula is C40H62O10. The number of fused-ring (bicyclic) bond motifs is 5. The summed E-state index contributed by atoms with van der Waals surface area (Å²) in [6, 6.07) is 0. The first-order valence-corrected chi connectivity index (χ1v) is 19.1. The van der Waals surface area contributed by atoms with Crippen molar-refractivity contribution in [2.24, 2.45) is 51.8 Å². The number of carbonyl (C=O) groups is 5. The van der Waals surface area contributed by atoms with E-state index < -0.39 is 61.3 Å². The highest BCUT2D eigenvalue weighted by Gasteiger charge is 2.59. The minimum Gasteiger partial charge on any atom is -0.481 e. The summed E-state index contributed by atoms with van der Waals surface area (Å²) in [7, 11) is 0. The number of carbonyl (C=O) groups excluding carboxylic acids is 3. The van der Waals surface area contributed by atoms with Crippen LogP contribution in [0.25, 0.3) is 0 Å². The van der Waals surface area contributed by atoms with Crippen molar-refractivity contribution in [2.45, 2.75) is 144 Å². The predicted molar refractivity (Wildman–Crippen MR) is 187 cm³/mol. The number of carboxylic acids is 2. The molecule has 3 fully saturated rings. The number of hydrogen-bond donors (Lipinski definition) is 2. The summed E-state index contributed by atoms with van der Waals surface area (Å²) >= 11 is 0. The number of ether oxygens (including phenoxy) is 3. The molecule has 0 aliphatic heterocycles. The molecule has 10 heteroatoms. The highest BCUT2D eigenvalue weighted by atomic mass is 16.6. The van der Waals surface area contributed by atoms with E-state index in [4.69, 9.17) is 24.4 Å². The smallest absolute Gasteiger partial charge is 0.319 e. The molecule has 8 unspecified atom stereocenters. The fraction of sp³-hybridized carbons (Fsp3) is 0.825. The van der Waals surface area contributed by atoms with E-state index in [2.05, 4.69) is 40.7 Å². The molecule has 4 aliphatic carbocycles. The maximum atomic E-state index is 13.7. The van der Waals surface area contributed by atoms with Gasteiger partial charge in [-0.2, -0.15) is 0 Å². The van der Waals surface area contributed by atoms with Gasteiger partial charge in [0.2, 0.25) is 0 Å². The summed E-state index contributed by atoms with van der Waals surface area (Å²) in [6.45, 7) is 12.7. The minimum absolute atomic E-state index is 0.0662. The summed E-state index contributed by atoms with van der Waals surface area (Å²) in [4.78, 5) is 59.9. The lowest BCUT2D eigenvalue weighted by molar-refractivity contribution is -0.176. The molecule has 4 rings (SSSR count). The highest BCUT2D eigenvalue weighted by Crippen LogP contribution is 2.67. The number of carboxylic acid groups (broad SMARTS) is 2. The highest BCUT2D eigenvalue weighted by molar-refractivity contribution is 5.80. The Bertz CT molecular complexity index is 1250. The van der Waals surface area contributed by atoms with Gasteiger partial charge in [-0.1, -0.05) is 65.5 Å². The third kappa shape index (κ3) is 9.30. The molecule has 0 saturated heterocycles. The Morgan fingerprint density at radius 3 is 2.04 bits per heavy atom. The Morgan fingerprint density at radius 2 is 1.46 bits per heavy atom. The van der Waals surface area contributed by atoms with Crippen LogP contribution in [0.5, 0.6) is 0 Å². The predicted octanol–water partition coefficient (Wildman–Crippen LogP) is 7.76. The average molecular weight is 703 g/mol. The van der Waals surface area contributed by atoms with Crippen molar-refractivity contribution in [3.05, 3.63) is 11.6 Å². The largest absolute Gasteiger partial charge is 0.481 e. The van der Waals surface area contributed by atoms with Gasteiger partial charge >= 0.3 is 29.8 Å². The standard InChI is InChI=1S/C40H62O10/c1-25(2)8-7-9-26(3)30-12-13-31-29-11-10-27-22-28(18-20-39(27,5)32(29)19-21-40(30,31)6)50-37(47)38(4,23-48-35(45)16-14-33(41)42)24-49-36(46)17-15-34(43)44/h10,25-26,28-32H,7-9,11-24H2,1-6H3,(H,41,42)(H,43,44). The molecule has 0 aromatic rings. The zero-order valence-electron chi connectivity index (χ0n) is 31.3. The maximum absolute atomic E-state index is 13.7. The van der Waals surface area contributed by atoms with Crippen LogP contribution in [0.4, 0.5) is 0 Å². The van der Waals surface area contributed by atoms with E-state index in [9.17, 15) is 24.0 Å². The van der Waals surface area contributed by atoms with Crippen molar-refractivity contribution >= 4 is 29.8 Å². The van der Waals surface area contributed by atoms with Crippen molar-refractivity contribution in [1.82, 2.24) is 0 Å². The Balaban J connectivity index is 1.40. The quantitative estimate of drug-likeness (QED) is 0.0873. The lowest BCUT2D eigenvalue weighted by Crippen LogP contribution is -2.51. The molecule has 0 radical (unpaired) electrons. The van der Waals surface area contributed by atoms with Gasteiger partial charge in [0.25, 0.3) is 0 Å². The van der Waals surface area contributed by atoms with Crippen molar-refractivity contribution in [3.63, 3.8) is 0 Å². The molecule has 0 bridgehead atoms. The van der Waals surface area contributed by atoms with E-state index in [0.717, 1.165) is 36.5 Å². The van der Waals surface area contributed by atoms with Crippen LogP contribution in [-0.4, -0.2) is 59.4 Å². The van der Waals surface area contributed by atoms with Gasteiger partial charge < -0.3 is 24.4 Å². The summed E-state index contributed by atoms with van der Waals surface area (Å²) in [5, 5.41) is 17.8. The molecule has 10 nitrogen and oxygen atoms in total. The van der Waals surface area contributed by atoms with E-state index >= 15 is 0 Å². The summed E-state index contributed by atoms with van der Waals surface area (Å²) in [5.74, 6) is -0.183. The van der Waals surface area contributed by atoms with Crippen LogP contribution in [0.15, 0.2) is 11.6 Å². The SMILES string of the molecule is CC(C)CCCC(C)C1CCC2C3CC=C4CC(OC(=O)C(C)(COC(=O)CCC(=O)O)COC(=O)CCC(=O)O)CCC4(C)C3CCC12C. The zero-order valence-corrected chi connectivity index (χ0v) is 31.3. The molecule has 4 aliphatic rings. The van der Waals surface area contributed by atoms with Gasteiger partial charge in [0.1, 0.15) is 24.7 Å². The summed E-state index contributed by atoms with van der Waals surface area (Å²) in [6.07, 6.45) is 13.0. The molecule has 2 N–H and O–H groups in total. The molecule has 50 heavy (non-hydrogen) atoms. The molecule has 0 aromatic heterocycles. The molecule has 282 valence electrons. The van der Waals surface area contributed by atoms with E-state index in [1.807, 2.05) is 0 Å². The van der Waals surface area contributed by atoms with E-state index in [0.29, 0.717) is 30.1 Å². The maximum Gasteiger partial charge on any atom is 0.319 e. The topological polar surface area (TPSA) is 154 Å². The van der Waals surface area contributed by atoms with Crippen LogP contribution < -0.4 is 0 Å². The van der Waals surface area contributed by atoms with Crippen molar-refractivity contribution < 1.29 is 48.4 Å². The Hall–Kier alpha value is -2.91. The van der Waals surface area contributed by atoms with Gasteiger partial charge in [-0.3, -0.25) is 24.0 Å². The van der Waals surface area contributed by atoms with Gasteiger partial charge in [-0.05, 0) is 98.2 Å². The second-order valence-electron chi connectivity index (χ2n) is 17.2. The van der Waals surface area contributed by atoms with Gasteiger partial charge in [0, 0.05) is 6.42 Å². The van der Waals surface area contributed by atoms with Gasteiger partial charge in [-0.15, -0.1) is 0 Å². The Morgan fingerprint density at radius 1 is 0.840 bits per heavy atom. The van der Waals surface area contributed by atoms with E-state index in [1.54, 1.807) is 0 Å². The molecule has 8 atom stereocenters. The number of aliphatic carboxylic acids is 2. The van der Waals surface area contributed by atoms with Crippen LogP contribution >= 0.6 is 0 Å². The summed E-state index contributed by atoms with van der Waals surface area (Å²) < 4.78 is 16.6. The average Bonchev–Trinajstić information content (AvgIpc) is 3.41. The fourth-order valence-corrected chi connectivity index (χ4v) is 10.2. The third-order valence-electron chi connectivity index (χ3n) is 13.2. The van der Waals surface area contributed by atoms with Gasteiger partial charge in [-0.25, -0.2) is 0 Å². The minimum atomic E-state index is -1.55. The van der Waals surface area contributed by atoms with Crippen molar-refractivity contribution in [3.8, 4) is 0 Å². The van der Waals surface area contributed by atoms with Crippen LogP contribution in [0.1, 0.15) is 138 Å². The van der Waals surface area contributed by atoms with Crippen molar-refractivity contribution in [2.75, 3.05) is 13.2 Å². The number of allylic oxidation sites excluding steroid dienone is 1. The second kappa shape index (κ2) is 16.6. The van der Waals surface area contributed by atoms with E-state index in [1.165, 1.54) is 57.4 Å². The summed E-state index contributed by atoms with van der Waals surface area (Å²) in [5.41, 5.74) is 0.288. The molecule has 3 saturated carbocycles. The monoisotopic (exact) mass is 702 g/mol. The lowest BCUT2D eigenvalue weighted by Gasteiger charge is -2.58. The molecule has 0 amide bonds. The first-order chi connectivity index (χ1) is 23.5. The molecule has 0 spiro atoms. The normalized spacial score (nSPS) is 31.0. The lowest BCUT2D eigenvalue weighted by atomic mass is 9.47. The molecule has 0 heterocycles. The van der Waals surface area contributed by atoms with Crippen molar-refractivity contribution in [1.29, 1.82) is 0 Å². The van der Waals surface area contributed by atoms with Crippen LogP contribution in [0.2, 0.25) is 0 Å². The van der Waals surface area contributed by atoms with Crippen LogP contribution in [-0.2, 0) is 38.2 Å². The fourth-order valence-electron chi connectivity index (χ4n) is 10.2. The van der Waals surface area contributed by atoms with Crippen LogP contribution in [0.3, 0.4) is 0 Å². The zero-order chi connectivity index (χ0) is 36.9. The number of rotatable bonds is 17. The Labute approximate surface area is 298 Å². The number of hydrogen-bond acceptors (Lipinski definition) is 8. The van der Waals surface area contributed by atoms with Crippen LogP contribution in [0, 0.1) is 51.8 Å². The first-order valence-electron chi connectivity index (χ1n) is 19.1. The third-order valence-corrected chi connectivity index (χ3v) is 13.2. The van der Waals surface area contributed by atoms with Gasteiger partial charge in [0.05, 0.1) is 25.7 Å². The number of esters is 3.